The van der Waals surface area contributed by atoms with E-state index in [4.69, 9.17) is 5.73 Å². The number of nitrogens with one attached hydrogen (secondary N) is 1. The first-order valence-electron chi connectivity index (χ1n) is 5.91. The number of rotatable bonds is 2. The molecule has 0 heterocycles. The summed E-state index contributed by atoms with van der Waals surface area (Å²) in [5.41, 5.74) is 10.0. The summed E-state index contributed by atoms with van der Waals surface area (Å²) in [6.45, 7) is 3.99. The third-order valence-electron chi connectivity index (χ3n) is 3.00. The number of halogens is 1. The SMILES string of the molecule is Cc1cc(N)c(NC(=O)c2cccc(I)c2)cc1C. The summed E-state index contributed by atoms with van der Waals surface area (Å²) in [4.78, 5) is 12.1. The van der Waals surface area contributed by atoms with Gasteiger partial charge >= 0.3 is 0 Å². The number of hydrogen-bond donors (Lipinski definition) is 2. The Balaban J connectivity index is 2.27. The predicted molar refractivity (Wildman–Crippen MR) is 87.4 cm³/mol. The minimum atomic E-state index is -0.145. The van der Waals surface area contributed by atoms with Crippen molar-refractivity contribution in [3.63, 3.8) is 0 Å². The maximum Gasteiger partial charge on any atom is 0.255 e. The molecule has 0 bridgehead atoms. The lowest BCUT2D eigenvalue weighted by Gasteiger charge is -2.11. The normalized spacial score (nSPS) is 10.3. The zero-order chi connectivity index (χ0) is 14.0. The summed E-state index contributed by atoms with van der Waals surface area (Å²) in [5.74, 6) is -0.145. The van der Waals surface area contributed by atoms with Crippen LogP contribution in [0.15, 0.2) is 36.4 Å². The highest BCUT2D eigenvalue weighted by atomic mass is 127. The van der Waals surface area contributed by atoms with Crippen molar-refractivity contribution in [2.45, 2.75) is 13.8 Å². The largest absolute Gasteiger partial charge is 0.397 e. The van der Waals surface area contributed by atoms with Gasteiger partial charge < -0.3 is 11.1 Å². The Morgan fingerprint density at radius 2 is 1.84 bits per heavy atom. The molecular weight excluding hydrogens is 351 g/mol. The number of nitrogens with two attached hydrogens (primary N) is 1. The van der Waals surface area contributed by atoms with Gasteiger partial charge in [0.25, 0.3) is 5.91 Å². The minimum absolute atomic E-state index is 0.145. The lowest BCUT2D eigenvalue weighted by atomic mass is 10.1. The molecule has 0 aliphatic rings. The number of carbonyl (C=O) groups is 1. The Morgan fingerprint density at radius 3 is 2.53 bits per heavy atom. The quantitative estimate of drug-likeness (QED) is 0.629. The maximum absolute atomic E-state index is 12.1. The molecule has 0 aliphatic heterocycles. The fourth-order valence-corrected chi connectivity index (χ4v) is 2.31. The van der Waals surface area contributed by atoms with E-state index in [0.717, 1.165) is 14.7 Å². The number of benzene rings is 2. The van der Waals surface area contributed by atoms with Crippen LogP contribution in [0.3, 0.4) is 0 Å². The standard InChI is InChI=1S/C15H15IN2O/c1-9-6-13(17)14(7-10(9)2)18-15(19)11-4-3-5-12(16)8-11/h3-8H,17H2,1-2H3,(H,18,19). The smallest absolute Gasteiger partial charge is 0.255 e. The van der Waals surface area contributed by atoms with Crippen LogP contribution in [0.25, 0.3) is 0 Å². The van der Waals surface area contributed by atoms with E-state index >= 15 is 0 Å². The molecule has 19 heavy (non-hydrogen) atoms. The maximum atomic E-state index is 12.1. The molecule has 0 saturated carbocycles. The van der Waals surface area contributed by atoms with Crippen molar-refractivity contribution in [3.8, 4) is 0 Å². The third kappa shape index (κ3) is 3.26. The number of nitrogen functional groups attached to an aromatic ring is 1. The third-order valence-corrected chi connectivity index (χ3v) is 3.67. The topological polar surface area (TPSA) is 55.1 Å². The summed E-state index contributed by atoms with van der Waals surface area (Å²) in [6, 6.07) is 11.2. The average Bonchev–Trinajstić information content (AvgIpc) is 2.36. The van der Waals surface area contributed by atoms with Crippen LogP contribution in [0.4, 0.5) is 11.4 Å². The summed E-state index contributed by atoms with van der Waals surface area (Å²) < 4.78 is 1.03. The van der Waals surface area contributed by atoms with Crippen molar-refractivity contribution in [2.24, 2.45) is 0 Å². The molecule has 0 aromatic heterocycles. The first-order valence-corrected chi connectivity index (χ1v) is 6.99. The van der Waals surface area contributed by atoms with E-state index in [1.165, 1.54) is 0 Å². The van der Waals surface area contributed by atoms with Gasteiger partial charge in [-0.1, -0.05) is 6.07 Å². The lowest BCUT2D eigenvalue weighted by molar-refractivity contribution is 0.102. The van der Waals surface area contributed by atoms with Crippen LogP contribution in [-0.4, -0.2) is 5.91 Å². The zero-order valence-electron chi connectivity index (χ0n) is 10.8. The van der Waals surface area contributed by atoms with E-state index in [-0.39, 0.29) is 5.91 Å². The van der Waals surface area contributed by atoms with Gasteiger partial charge in [-0.15, -0.1) is 0 Å². The van der Waals surface area contributed by atoms with Crippen LogP contribution in [0, 0.1) is 17.4 Å². The molecule has 0 fully saturated rings. The van der Waals surface area contributed by atoms with Crippen LogP contribution >= 0.6 is 22.6 Å². The molecule has 2 aromatic carbocycles. The molecule has 0 atom stereocenters. The Morgan fingerprint density at radius 1 is 1.16 bits per heavy atom. The minimum Gasteiger partial charge on any atom is -0.397 e. The van der Waals surface area contributed by atoms with Crippen molar-refractivity contribution in [1.82, 2.24) is 0 Å². The van der Waals surface area contributed by atoms with Crippen molar-refractivity contribution in [3.05, 3.63) is 56.7 Å². The summed E-state index contributed by atoms with van der Waals surface area (Å²) >= 11 is 2.18. The van der Waals surface area contributed by atoms with E-state index < -0.39 is 0 Å². The summed E-state index contributed by atoms with van der Waals surface area (Å²) in [6.07, 6.45) is 0. The van der Waals surface area contributed by atoms with Gasteiger partial charge in [0.15, 0.2) is 0 Å². The Hall–Kier alpha value is -1.56. The second kappa shape index (κ2) is 5.61. The van der Waals surface area contributed by atoms with E-state index in [9.17, 15) is 4.79 Å². The van der Waals surface area contributed by atoms with Gasteiger partial charge in [0.1, 0.15) is 0 Å². The Bertz CT molecular complexity index is 638. The van der Waals surface area contributed by atoms with E-state index in [1.807, 2.05) is 44.2 Å². The molecule has 3 N–H and O–H groups in total. The molecule has 1 amide bonds. The van der Waals surface area contributed by atoms with Crippen molar-refractivity contribution < 1.29 is 4.79 Å². The molecule has 2 aromatic rings. The second-order valence-electron chi connectivity index (χ2n) is 4.49. The van der Waals surface area contributed by atoms with Gasteiger partial charge in [0, 0.05) is 9.13 Å². The number of hydrogen-bond acceptors (Lipinski definition) is 2. The van der Waals surface area contributed by atoms with Crippen LogP contribution in [-0.2, 0) is 0 Å². The van der Waals surface area contributed by atoms with Crippen LogP contribution in [0.5, 0.6) is 0 Å². The Kier molecular flexibility index (Phi) is 4.09. The highest BCUT2D eigenvalue weighted by Crippen LogP contribution is 2.23. The molecule has 0 unspecified atom stereocenters. The van der Waals surface area contributed by atoms with Gasteiger partial charge in [0.05, 0.1) is 11.4 Å². The molecule has 4 heteroatoms. The second-order valence-corrected chi connectivity index (χ2v) is 5.73. The molecular formula is C15H15IN2O. The molecule has 3 nitrogen and oxygen atoms in total. The van der Waals surface area contributed by atoms with Crippen LogP contribution in [0.1, 0.15) is 21.5 Å². The zero-order valence-corrected chi connectivity index (χ0v) is 13.0. The van der Waals surface area contributed by atoms with Crippen LogP contribution in [0.2, 0.25) is 0 Å². The van der Waals surface area contributed by atoms with E-state index in [0.29, 0.717) is 16.9 Å². The molecule has 0 radical (unpaired) electrons. The number of amides is 1. The van der Waals surface area contributed by atoms with E-state index in [1.54, 1.807) is 6.07 Å². The highest BCUT2D eigenvalue weighted by molar-refractivity contribution is 14.1. The highest BCUT2D eigenvalue weighted by Gasteiger charge is 2.09. The molecule has 0 spiro atoms. The van der Waals surface area contributed by atoms with E-state index in [2.05, 4.69) is 27.9 Å². The van der Waals surface area contributed by atoms with Gasteiger partial charge in [-0.25, -0.2) is 0 Å². The summed E-state index contributed by atoms with van der Waals surface area (Å²) in [5, 5.41) is 2.85. The molecule has 0 aliphatic carbocycles. The van der Waals surface area contributed by atoms with Gasteiger partial charge in [0.2, 0.25) is 0 Å². The summed E-state index contributed by atoms with van der Waals surface area (Å²) in [7, 11) is 0. The van der Waals surface area contributed by atoms with Gasteiger partial charge in [-0.2, -0.15) is 0 Å². The van der Waals surface area contributed by atoms with Crippen LogP contribution < -0.4 is 11.1 Å². The fourth-order valence-electron chi connectivity index (χ4n) is 1.77. The first-order chi connectivity index (χ1) is 8.97. The fraction of sp³-hybridized carbons (Fsp3) is 0.133. The molecule has 98 valence electrons. The first kappa shape index (κ1) is 13.9. The monoisotopic (exact) mass is 366 g/mol. The van der Waals surface area contributed by atoms with Gasteiger partial charge in [-0.3, -0.25) is 4.79 Å². The number of aryl methyl sites for hydroxylation is 2. The lowest BCUT2D eigenvalue weighted by Crippen LogP contribution is -2.13. The number of carbonyl (C=O) groups excluding carboxylic acids is 1. The van der Waals surface area contributed by atoms with Crippen molar-refractivity contribution in [1.29, 1.82) is 0 Å². The van der Waals surface area contributed by atoms with Gasteiger partial charge in [-0.05, 0) is 77.9 Å². The predicted octanol–water partition coefficient (Wildman–Crippen LogP) is 3.74. The van der Waals surface area contributed by atoms with Crippen molar-refractivity contribution >= 4 is 39.9 Å². The van der Waals surface area contributed by atoms with Crippen molar-refractivity contribution in [2.75, 3.05) is 11.1 Å². The number of anilines is 2. The molecule has 2 rings (SSSR count). The Labute approximate surface area is 126 Å². The average molecular weight is 366 g/mol. The molecule has 0 saturated heterocycles.